The molecule has 19 heavy (non-hydrogen) atoms. The van der Waals surface area contributed by atoms with E-state index in [0.29, 0.717) is 11.3 Å². The van der Waals surface area contributed by atoms with E-state index in [2.05, 4.69) is 0 Å². The molecular formula is C14H7Cl2NO2. The molecule has 2 aromatic rings. The molecule has 0 unspecified atom stereocenters. The first-order valence-electron chi connectivity index (χ1n) is 5.28. The van der Waals surface area contributed by atoms with Crippen molar-refractivity contribution < 1.29 is 9.53 Å². The van der Waals surface area contributed by atoms with Crippen LogP contribution in [0.5, 0.6) is 5.75 Å². The van der Waals surface area contributed by atoms with E-state index in [1.165, 1.54) is 18.2 Å². The highest BCUT2D eigenvalue weighted by Gasteiger charge is 2.14. The highest BCUT2D eigenvalue weighted by Crippen LogP contribution is 2.26. The molecule has 0 fully saturated rings. The highest BCUT2D eigenvalue weighted by molar-refractivity contribution is 6.43. The van der Waals surface area contributed by atoms with E-state index < -0.39 is 5.97 Å². The average Bonchev–Trinajstić information content (AvgIpc) is 2.42. The van der Waals surface area contributed by atoms with E-state index in [-0.39, 0.29) is 15.6 Å². The monoisotopic (exact) mass is 291 g/mol. The van der Waals surface area contributed by atoms with Crippen LogP contribution in [-0.4, -0.2) is 5.97 Å². The third-order valence-electron chi connectivity index (χ3n) is 2.37. The number of halogens is 2. The molecular weight excluding hydrogens is 285 g/mol. The Bertz CT molecular complexity index is 660. The lowest BCUT2D eigenvalue weighted by Gasteiger charge is -2.06. The summed E-state index contributed by atoms with van der Waals surface area (Å²) in [7, 11) is 0. The maximum Gasteiger partial charge on any atom is 0.345 e. The van der Waals surface area contributed by atoms with Gasteiger partial charge in [-0.15, -0.1) is 0 Å². The van der Waals surface area contributed by atoms with Crippen LogP contribution < -0.4 is 4.74 Å². The maximum atomic E-state index is 11.9. The van der Waals surface area contributed by atoms with Crippen LogP contribution in [0.1, 0.15) is 15.9 Å². The van der Waals surface area contributed by atoms with Gasteiger partial charge in [0.2, 0.25) is 0 Å². The van der Waals surface area contributed by atoms with Gasteiger partial charge in [0.05, 0.1) is 27.2 Å². The number of carbonyl (C=O) groups excluding carboxylic acids is 1. The molecule has 0 amide bonds. The minimum Gasteiger partial charge on any atom is -0.423 e. The Hall–Kier alpha value is -2.02. The largest absolute Gasteiger partial charge is 0.423 e. The molecule has 2 rings (SSSR count). The van der Waals surface area contributed by atoms with Crippen LogP contribution in [0.3, 0.4) is 0 Å². The molecule has 0 atom stereocenters. The Balaban J connectivity index is 2.21. The molecule has 0 aliphatic rings. The van der Waals surface area contributed by atoms with E-state index in [1.807, 2.05) is 6.07 Å². The molecule has 0 bridgehead atoms. The minimum absolute atomic E-state index is 0.155. The van der Waals surface area contributed by atoms with Crippen molar-refractivity contribution in [3.8, 4) is 11.8 Å². The first kappa shape index (κ1) is 13.4. The molecule has 0 heterocycles. The summed E-state index contributed by atoms with van der Waals surface area (Å²) in [5.74, 6) is -0.266. The Morgan fingerprint density at radius 1 is 1.11 bits per heavy atom. The fourth-order valence-electron chi connectivity index (χ4n) is 1.42. The van der Waals surface area contributed by atoms with Crippen LogP contribution in [0.4, 0.5) is 0 Å². The second-order valence-electron chi connectivity index (χ2n) is 3.63. The lowest BCUT2D eigenvalue weighted by atomic mass is 10.2. The first-order chi connectivity index (χ1) is 9.11. The van der Waals surface area contributed by atoms with Crippen LogP contribution in [0.15, 0.2) is 42.5 Å². The number of carbonyl (C=O) groups is 1. The van der Waals surface area contributed by atoms with Crippen LogP contribution in [0, 0.1) is 11.3 Å². The summed E-state index contributed by atoms with van der Waals surface area (Å²) in [5.41, 5.74) is 0.680. The van der Waals surface area contributed by atoms with Crippen molar-refractivity contribution in [3.63, 3.8) is 0 Å². The molecule has 0 aliphatic heterocycles. The van der Waals surface area contributed by atoms with Gasteiger partial charge in [0, 0.05) is 0 Å². The summed E-state index contributed by atoms with van der Waals surface area (Å²) < 4.78 is 5.14. The zero-order chi connectivity index (χ0) is 13.8. The van der Waals surface area contributed by atoms with E-state index >= 15 is 0 Å². The van der Waals surface area contributed by atoms with Crippen LogP contribution >= 0.6 is 23.2 Å². The molecule has 0 saturated carbocycles. The average molecular weight is 292 g/mol. The molecule has 3 nitrogen and oxygen atoms in total. The summed E-state index contributed by atoms with van der Waals surface area (Å²) in [6.07, 6.45) is 0. The topological polar surface area (TPSA) is 50.1 Å². The number of hydrogen-bond acceptors (Lipinski definition) is 3. The number of ether oxygens (including phenoxy) is 1. The van der Waals surface area contributed by atoms with Crippen molar-refractivity contribution in [1.82, 2.24) is 0 Å². The number of hydrogen-bond donors (Lipinski definition) is 0. The molecule has 2 aromatic carbocycles. The summed E-state index contributed by atoms with van der Waals surface area (Å²) >= 11 is 11.8. The summed E-state index contributed by atoms with van der Waals surface area (Å²) in [5, 5.41) is 9.11. The Morgan fingerprint density at radius 3 is 2.42 bits per heavy atom. The van der Waals surface area contributed by atoms with Crippen molar-refractivity contribution in [1.29, 1.82) is 5.26 Å². The van der Waals surface area contributed by atoms with Gasteiger partial charge in [-0.1, -0.05) is 29.3 Å². The van der Waals surface area contributed by atoms with Crippen molar-refractivity contribution in [2.75, 3.05) is 0 Å². The van der Waals surface area contributed by atoms with Crippen molar-refractivity contribution in [3.05, 3.63) is 63.6 Å². The SMILES string of the molecule is N#Cc1ccc(OC(=O)c2cccc(Cl)c2Cl)cc1. The van der Waals surface area contributed by atoms with Crippen LogP contribution in [-0.2, 0) is 0 Å². The summed E-state index contributed by atoms with van der Waals surface area (Å²) in [4.78, 5) is 11.9. The lowest BCUT2D eigenvalue weighted by molar-refractivity contribution is 0.0735. The quantitative estimate of drug-likeness (QED) is 0.619. The van der Waals surface area contributed by atoms with Gasteiger partial charge in [0.25, 0.3) is 0 Å². The number of rotatable bonds is 2. The maximum absolute atomic E-state index is 11.9. The summed E-state index contributed by atoms with van der Waals surface area (Å²) in [6, 6.07) is 12.9. The van der Waals surface area contributed by atoms with Crippen molar-refractivity contribution in [2.45, 2.75) is 0 Å². The van der Waals surface area contributed by atoms with Crippen molar-refractivity contribution in [2.24, 2.45) is 0 Å². The Morgan fingerprint density at radius 2 is 1.79 bits per heavy atom. The predicted molar refractivity (Wildman–Crippen MR) is 72.6 cm³/mol. The zero-order valence-electron chi connectivity index (χ0n) is 9.56. The van der Waals surface area contributed by atoms with E-state index in [4.69, 9.17) is 33.2 Å². The van der Waals surface area contributed by atoms with Gasteiger partial charge in [0.15, 0.2) is 0 Å². The Labute approximate surface area is 119 Å². The van der Waals surface area contributed by atoms with Gasteiger partial charge in [-0.25, -0.2) is 4.79 Å². The second kappa shape index (κ2) is 5.75. The van der Waals surface area contributed by atoms with E-state index in [0.717, 1.165) is 0 Å². The molecule has 0 aromatic heterocycles. The van der Waals surface area contributed by atoms with Gasteiger partial charge in [-0.05, 0) is 36.4 Å². The highest BCUT2D eigenvalue weighted by atomic mass is 35.5. The number of esters is 1. The van der Waals surface area contributed by atoms with Crippen molar-refractivity contribution >= 4 is 29.2 Å². The lowest BCUT2D eigenvalue weighted by Crippen LogP contribution is -2.09. The summed E-state index contributed by atoms with van der Waals surface area (Å²) in [6.45, 7) is 0. The second-order valence-corrected chi connectivity index (χ2v) is 4.41. The Kier molecular flexibility index (Phi) is 4.06. The molecule has 0 saturated heterocycles. The van der Waals surface area contributed by atoms with Gasteiger partial charge >= 0.3 is 5.97 Å². The molecule has 0 spiro atoms. The van der Waals surface area contributed by atoms with Gasteiger partial charge in [0.1, 0.15) is 5.75 Å². The molecule has 0 aliphatic carbocycles. The van der Waals surface area contributed by atoms with E-state index in [9.17, 15) is 4.79 Å². The van der Waals surface area contributed by atoms with E-state index in [1.54, 1.807) is 24.3 Å². The van der Waals surface area contributed by atoms with Gasteiger partial charge in [-0.2, -0.15) is 5.26 Å². The van der Waals surface area contributed by atoms with Crippen LogP contribution in [0.2, 0.25) is 10.0 Å². The number of nitriles is 1. The normalized spacial score (nSPS) is 9.74. The third-order valence-corrected chi connectivity index (χ3v) is 3.18. The van der Waals surface area contributed by atoms with Crippen LogP contribution in [0.25, 0.3) is 0 Å². The third kappa shape index (κ3) is 3.05. The number of nitrogens with zero attached hydrogens (tertiary/aromatic N) is 1. The smallest absolute Gasteiger partial charge is 0.345 e. The first-order valence-corrected chi connectivity index (χ1v) is 6.04. The molecule has 0 N–H and O–H groups in total. The fraction of sp³-hybridized carbons (Fsp3) is 0. The van der Waals surface area contributed by atoms with Gasteiger partial charge < -0.3 is 4.74 Å². The molecule has 5 heteroatoms. The molecule has 0 radical (unpaired) electrons. The predicted octanol–water partition coefficient (Wildman–Crippen LogP) is 4.08. The molecule has 94 valence electrons. The standard InChI is InChI=1S/C14H7Cl2NO2/c15-12-3-1-2-11(13(12)16)14(18)19-10-6-4-9(8-17)5-7-10/h1-7H. The fourth-order valence-corrected chi connectivity index (χ4v) is 1.80. The number of benzene rings is 2. The minimum atomic E-state index is -0.600. The van der Waals surface area contributed by atoms with Gasteiger partial charge in [-0.3, -0.25) is 0 Å². The zero-order valence-corrected chi connectivity index (χ0v) is 11.1.